The molecule has 0 aliphatic rings. The molecule has 0 spiro atoms. The summed E-state index contributed by atoms with van der Waals surface area (Å²) in [5.41, 5.74) is 15.5. The van der Waals surface area contributed by atoms with E-state index in [1.54, 1.807) is 0 Å². The fraction of sp³-hybridized carbons (Fsp3) is 0. The van der Waals surface area contributed by atoms with Gasteiger partial charge in [-0.3, -0.25) is 0 Å². The van der Waals surface area contributed by atoms with Crippen LogP contribution < -0.4 is 4.90 Å². The van der Waals surface area contributed by atoms with E-state index in [1.165, 1.54) is 64.2 Å². The predicted octanol–water partition coefficient (Wildman–Crippen LogP) is 17.5. The molecule has 3 heterocycles. The van der Waals surface area contributed by atoms with Gasteiger partial charge >= 0.3 is 0 Å². The molecule has 0 fully saturated rings. The lowest BCUT2D eigenvalue weighted by molar-refractivity contribution is 0.670. The van der Waals surface area contributed by atoms with Crippen LogP contribution in [0.3, 0.4) is 0 Å². The molecule has 4 heteroatoms. The van der Waals surface area contributed by atoms with Gasteiger partial charge in [-0.05, 0) is 83.4 Å². The Morgan fingerprint density at radius 1 is 0.359 bits per heavy atom. The molecule has 10 aromatic carbocycles. The number of nitrogens with zero attached hydrogens (tertiary/aromatic N) is 2. The maximum atomic E-state index is 6.50. The molecule has 300 valence electrons. The zero-order valence-corrected chi connectivity index (χ0v) is 35.5. The number of benzene rings is 10. The molecule has 0 bridgehead atoms. The Balaban J connectivity index is 1.04. The summed E-state index contributed by atoms with van der Waals surface area (Å²) in [6.07, 6.45) is 0. The number of rotatable bonds is 7. The van der Waals surface area contributed by atoms with Crippen molar-refractivity contribution >= 4 is 92.3 Å². The van der Waals surface area contributed by atoms with Crippen LogP contribution in [0, 0.1) is 0 Å². The third-order valence-corrected chi connectivity index (χ3v) is 14.0. The summed E-state index contributed by atoms with van der Waals surface area (Å²) < 4.78 is 11.5. The zero-order valence-electron chi connectivity index (χ0n) is 34.7. The van der Waals surface area contributed by atoms with Crippen LogP contribution in [0.25, 0.3) is 103 Å². The molecular weight excluding hydrogens is 797 g/mol. The zero-order chi connectivity index (χ0) is 42.1. The van der Waals surface area contributed by atoms with Gasteiger partial charge in [-0.1, -0.05) is 164 Å². The number of para-hydroxylation sites is 5. The minimum absolute atomic E-state index is 0.901. The monoisotopic (exact) mass is 834 g/mol. The second kappa shape index (κ2) is 14.7. The van der Waals surface area contributed by atoms with E-state index in [9.17, 15) is 0 Å². The topological polar surface area (TPSA) is 21.3 Å². The molecule has 0 unspecified atom stereocenters. The number of anilines is 3. The highest BCUT2D eigenvalue weighted by molar-refractivity contribution is 7.26. The van der Waals surface area contributed by atoms with E-state index in [2.05, 4.69) is 228 Å². The lowest BCUT2D eigenvalue weighted by Gasteiger charge is -2.27. The van der Waals surface area contributed by atoms with Crippen molar-refractivity contribution in [3.05, 3.63) is 231 Å². The molecule has 0 atom stereocenters. The van der Waals surface area contributed by atoms with E-state index in [4.69, 9.17) is 4.42 Å². The Kier molecular flexibility index (Phi) is 8.40. The summed E-state index contributed by atoms with van der Waals surface area (Å²) in [5, 5.41) is 7.26. The van der Waals surface area contributed by atoms with Crippen molar-refractivity contribution in [2.45, 2.75) is 0 Å². The smallest absolute Gasteiger partial charge is 0.143 e. The lowest BCUT2D eigenvalue weighted by Crippen LogP contribution is -2.10. The van der Waals surface area contributed by atoms with E-state index >= 15 is 0 Å². The molecule has 13 rings (SSSR count). The van der Waals surface area contributed by atoms with E-state index < -0.39 is 0 Å². The van der Waals surface area contributed by atoms with Crippen LogP contribution in [0.15, 0.2) is 235 Å². The number of thiophene rings is 1. The summed E-state index contributed by atoms with van der Waals surface area (Å²) in [7, 11) is 0. The summed E-state index contributed by atoms with van der Waals surface area (Å²) in [5.74, 6) is 0. The summed E-state index contributed by atoms with van der Waals surface area (Å²) in [6.45, 7) is 0. The Labute approximate surface area is 373 Å². The van der Waals surface area contributed by atoms with E-state index in [0.717, 1.165) is 55.8 Å². The SMILES string of the molecule is c1ccc(-c2ccc(N(c3ccc(-c4cccc5c4oc4ccccc45)cc3)c3cc(-c4ccccc4-n4c5ccccc5c5ccccc54)c4sc5ccccc5c4c3)cc2)cc1. The molecule has 0 N–H and O–H groups in total. The van der Waals surface area contributed by atoms with Crippen LogP contribution >= 0.6 is 11.3 Å². The highest BCUT2D eigenvalue weighted by Gasteiger charge is 2.22. The fourth-order valence-electron chi connectivity index (χ4n) is 9.86. The van der Waals surface area contributed by atoms with Gasteiger partial charge in [-0.25, -0.2) is 0 Å². The maximum Gasteiger partial charge on any atom is 0.143 e. The largest absolute Gasteiger partial charge is 0.455 e. The Hall–Kier alpha value is -8.18. The lowest BCUT2D eigenvalue weighted by atomic mass is 9.98. The molecule has 3 aromatic heterocycles. The van der Waals surface area contributed by atoms with Crippen molar-refractivity contribution < 1.29 is 4.42 Å². The molecule has 0 saturated heterocycles. The van der Waals surface area contributed by atoms with Gasteiger partial charge in [0, 0.05) is 75.5 Å². The van der Waals surface area contributed by atoms with E-state index in [0.29, 0.717) is 0 Å². The van der Waals surface area contributed by atoms with Gasteiger partial charge in [0.2, 0.25) is 0 Å². The van der Waals surface area contributed by atoms with Gasteiger partial charge in [0.15, 0.2) is 0 Å². The minimum Gasteiger partial charge on any atom is -0.455 e. The fourth-order valence-corrected chi connectivity index (χ4v) is 11.1. The number of hydrogen-bond donors (Lipinski definition) is 0. The predicted molar refractivity (Wildman–Crippen MR) is 272 cm³/mol. The quantitative estimate of drug-likeness (QED) is 0.159. The molecule has 0 amide bonds. The van der Waals surface area contributed by atoms with Gasteiger partial charge in [0.05, 0.1) is 16.7 Å². The first-order valence-electron chi connectivity index (χ1n) is 21.7. The summed E-state index contributed by atoms with van der Waals surface area (Å²) in [6, 6.07) is 83.5. The van der Waals surface area contributed by atoms with Crippen LogP contribution in [0.5, 0.6) is 0 Å². The Morgan fingerprint density at radius 3 is 1.67 bits per heavy atom. The van der Waals surface area contributed by atoms with Gasteiger partial charge in [0.25, 0.3) is 0 Å². The van der Waals surface area contributed by atoms with Crippen molar-refractivity contribution in [1.29, 1.82) is 0 Å². The third kappa shape index (κ3) is 5.81. The molecule has 64 heavy (non-hydrogen) atoms. The van der Waals surface area contributed by atoms with Crippen LogP contribution in [-0.4, -0.2) is 4.57 Å². The maximum absolute atomic E-state index is 6.50. The summed E-state index contributed by atoms with van der Waals surface area (Å²) >= 11 is 1.87. The van der Waals surface area contributed by atoms with Crippen molar-refractivity contribution in [2.75, 3.05) is 4.90 Å². The molecule has 0 saturated carbocycles. The second-order valence-corrected chi connectivity index (χ2v) is 17.5. The third-order valence-electron chi connectivity index (χ3n) is 12.8. The number of furan rings is 1. The Morgan fingerprint density at radius 2 is 0.922 bits per heavy atom. The Bertz CT molecular complexity index is 3840. The van der Waals surface area contributed by atoms with E-state index in [-0.39, 0.29) is 0 Å². The summed E-state index contributed by atoms with van der Waals surface area (Å²) in [4.78, 5) is 2.42. The molecule has 0 radical (unpaired) electrons. The van der Waals surface area contributed by atoms with Crippen molar-refractivity contribution in [3.8, 4) is 39.1 Å². The average Bonchev–Trinajstić information content (AvgIpc) is 4.05. The molecule has 0 aliphatic carbocycles. The minimum atomic E-state index is 0.901. The van der Waals surface area contributed by atoms with Crippen LogP contribution in [-0.2, 0) is 0 Å². The molecule has 3 nitrogen and oxygen atoms in total. The second-order valence-electron chi connectivity index (χ2n) is 16.4. The van der Waals surface area contributed by atoms with Gasteiger partial charge < -0.3 is 13.9 Å². The first kappa shape index (κ1) is 36.5. The van der Waals surface area contributed by atoms with Crippen molar-refractivity contribution in [3.63, 3.8) is 0 Å². The molecular formula is C60H38N2OS. The van der Waals surface area contributed by atoms with Crippen LogP contribution in [0.1, 0.15) is 0 Å². The number of hydrogen-bond acceptors (Lipinski definition) is 3. The first-order chi connectivity index (χ1) is 31.7. The molecule has 13 aromatic rings. The molecule has 0 aliphatic heterocycles. The van der Waals surface area contributed by atoms with Gasteiger partial charge in [-0.2, -0.15) is 0 Å². The van der Waals surface area contributed by atoms with Gasteiger partial charge in [-0.15, -0.1) is 11.3 Å². The van der Waals surface area contributed by atoms with E-state index in [1.807, 2.05) is 23.5 Å². The average molecular weight is 835 g/mol. The highest BCUT2D eigenvalue weighted by atomic mass is 32.1. The normalized spacial score (nSPS) is 11.8. The number of aromatic nitrogens is 1. The van der Waals surface area contributed by atoms with Crippen LogP contribution in [0.4, 0.5) is 17.1 Å². The number of fused-ring (bicyclic) bond motifs is 9. The van der Waals surface area contributed by atoms with Crippen molar-refractivity contribution in [2.24, 2.45) is 0 Å². The first-order valence-corrected chi connectivity index (χ1v) is 22.6. The van der Waals surface area contributed by atoms with Gasteiger partial charge in [0.1, 0.15) is 11.2 Å². The standard InChI is InChI=1S/C60H38N2OS/c1-2-15-39(16-3-1)40-29-33-42(34-30-40)61(43-35-31-41(32-36-43)45-22-14-23-51-49-20-7-12-27-57(49)63-59(45)51)44-37-52(60-53(38-44)50-21-8-13-28-58(50)64-60)48-19-6-11-26-56(48)62-54-24-9-4-17-46(54)47-18-5-10-25-55(47)62/h1-38H. The van der Waals surface area contributed by atoms with Crippen LogP contribution in [0.2, 0.25) is 0 Å². The highest BCUT2D eigenvalue weighted by Crippen LogP contribution is 2.48. The van der Waals surface area contributed by atoms with Crippen molar-refractivity contribution in [1.82, 2.24) is 4.57 Å².